The van der Waals surface area contributed by atoms with E-state index in [1.807, 2.05) is 6.92 Å². The van der Waals surface area contributed by atoms with Crippen molar-refractivity contribution in [1.29, 1.82) is 0 Å². The van der Waals surface area contributed by atoms with Gasteiger partial charge in [-0.15, -0.1) is 0 Å². The lowest BCUT2D eigenvalue weighted by Crippen LogP contribution is -2.20. The van der Waals surface area contributed by atoms with Crippen LogP contribution >= 0.6 is 0 Å². The Hall–Kier alpha value is -1.76. The molecule has 0 aliphatic heterocycles. The van der Waals surface area contributed by atoms with Crippen molar-refractivity contribution in [2.24, 2.45) is 0 Å². The smallest absolute Gasteiger partial charge is 0.306 e. The summed E-state index contributed by atoms with van der Waals surface area (Å²) in [5, 5.41) is 0. The van der Waals surface area contributed by atoms with Crippen LogP contribution in [0.1, 0.15) is 18.9 Å². The first-order valence-electron chi connectivity index (χ1n) is 5.86. The van der Waals surface area contributed by atoms with Crippen LogP contribution < -0.4 is 10.5 Å². The summed E-state index contributed by atoms with van der Waals surface area (Å²) in [6.45, 7) is 3.73. The van der Waals surface area contributed by atoms with E-state index in [0.29, 0.717) is 11.4 Å². The number of nitrogens with one attached hydrogen (secondary N) is 1. The molecule has 0 saturated heterocycles. The molecule has 3 N–H and O–H groups in total. The summed E-state index contributed by atoms with van der Waals surface area (Å²) < 4.78 is 30.5. The minimum atomic E-state index is -3.58. The summed E-state index contributed by atoms with van der Waals surface area (Å²) in [5.74, 6) is -0.851. The minimum Gasteiger partial charge on any atom is -0.466 e. The van der Waals surface area contributed by atoms with Crippen molar-refractivity contribution in [2.75, 3.05) is 22.8 Å². The quantitative estimate of drug-likeness (QED) is 0.606. The Balaban J connectivity index is 2.64. The molecule has 0 bridgehead atoms. The van der Waals surface area contributed by atoms with Gasteiger partial charge in [-0.25, -0.2) is 8.42 Å². The van der Waals surface area contributed by atoms with Crippen LogP contribution in [0.5, 0.6) is 0 Å². The standard InChI is InChI=1S/C12H18N2O4S/c1-3-18-12(15)6-7-19(16,17)14-10-5-4-9(2)11(13)8-10/h4-5,8,14H,3,6-7,13H2,1-2H3. The summed E-state index contributed by atoms with van der Waals surface area (Å²) in [6, 6.07) is 4.88. The highest BCUT2D eigenvalue weighted by atomic mass is 32.2. The van der Waals surface area contributed by atoms with Crippen LogP contribution in [-0.2, 0) is 19.6 Å². The van der Waals surface area contributed by atoms with Crippen molar-refractivity contribution in [3.8, 4) is 0 Å². The van der Waals surface area contributed by atoms with Crippen LogP contribution in [0, 0.1) is 6.92 Å². The first-order valence-corrected chi connectivity index (χ1v) is 7.51. The molecule has 1 aromatic rings. The second-order valence-electron chi connectivity index (χ2n) is 4.05. The Kier molecular flexibility index (Phi) is 5.17. The van der Waals surface area contributed by atoms with Gasteiger partial charge in [-0.2, -0.15) is 0 Å². The lowest BCUT2D eigenvalue weighted by molar-refractivity contribution is -0.142. The van der Waals surface area contributed by atoms with Gasteiger partial charge < -0.3 is 10.5 Å². The number of benzene rings is 1. The molecule has 0 spiro atoms. The van der Waals surface area contributed by atoms with E-state index in [-0.39, 0.29) is 18.8 Å². The third-order valence-electron chi connectivity index (χ3n) is 2.43. The van der Waals surface area contributed by atoms with Crippen LogP contribution in [0.4, 0.5) is 11.4 Å². The van der Waals surface area contributed by atoms with Gasteiger partial charge in [-0.05, 0) is 31.5 Å². The van der Waals surface area contributed by atoms with Gasteiger partial charge in [0.1, 0.15) is 0 Å². The number of rotatable bonds is 6. The number of esters is 1. The van der Waals surface area contributed by atoms with E-state index < -0.39 is 16.0 Å². The number of hydrogen-bond acceptors (Lipinski definition) is 5. The second kappa shape index (κ2) is 6.42. The molecular weight excluding hydrogens is 268 g/mol. The van der Waals surface area contributed by atoms with Crippen molar-refractivity contribution in [3.05, 3.63) is 23.8 Å². The monoisotopic (exact) mass is 286 g/mol. The average Bonchev–Trinajstić information content (AvgIpc) is 2.32. The van der Waals surface area contributed by atoms with Crippen molar-refractivity contribution < 1.29 is 17.9 Å². The average molecular weight is 286 g/mol. The van der Waals surface area contributed by atoms with E-state index >= 15 is 0 Å². The molecule has 0 fully saturated rings. The van der Waals surface area contributed by atoms with Gasteiger partial charge in [0, 0.05) is 5.69 Å². The van der Waals surface area contributed by atoms with E-state index in [2.05, 4.69) is 9.46 Å². The summed E-state index contributed by atoms with van der Waals surface area (Å²) in [4.78, 5) is 11.1. The molecular formula is C12H18N2O4S. The van der Waals surface area contributed by atoms with Crippen molar-refractivity contribution >= 4 is 27.4 Å². The molecule has 0 atom stereocenters. The third-order valence-corrected chi connectivity index (χ3v) is 3.72. The van der Waals surface area contributed by atoms with Crippen LogP contribution in [0.15, 0.2) is 18.2 Å². The summed E-state index contributed by atoms with van der Waals surface area (Å²) in [5.41, 5.74) is 7.45. The fraction of sp³-hybridized carbons (Fsp3) is 0.417. The molecule has 6 nitrogen and oxygen atoms in total. The van der Waals surface area contributed by atoms with Gasteiger partial charge in [0.15, 0.2) is 0 Å². The number of carbonyl (C=O) groups excluding carboxylic acids is 1. The highest BCUT2D eigenvalue weighted by Gasteiger charge is 2.14. The molecule has 0 aromatic heterocycles. The molecule has 1 aromatic carbocycles. The maximum Gasteiger partial charge on any atom is 0.306 e. The fourth-order valence-electron chi connectivity index (χ4n) is 1.39. The van der Waals surface area contributed by atoms with Crippen LogP contribution in [0.2, 0.25) is 0 Å². The Morgan fingerprint density at radius 1 is 1.42 bits per heavy atom. The SMILES string of the molecule is CCOC(=O)CCS(=O)(=O)Nc1ccc(C)c(N)c1. The minimum absolute atomic E-state index is 0.176. The second-order valence-corrected chi connectivity index (χ2v) is 5.89. The maximum atomic E-state index is 11.7. The molecule has 0 heterocycles. The summed E-state index contributed by atoms with van der Waals surface area (Å²) in [7, 11) is -3.58. The lowest BCUT2D eigenvalue weighted by atomic mass is 10.2. The number of nitrogens with two attached hydrogens (primary N) is 1. The van der Waals surface area contributed by atoms with Crippen LogP contribution in [0.25, 0.3) is 0 Å². The Morgan fingerprint density at radius 3 is 2.68 bits per heavy atom. The number of anilines is 2. The fourth-order valence-corrected chi connectivity index (χ4v) is 2.41. The Morgan fingerprint density at radius 2 is 2.11 bits per heavy atom. The molecule has 106 valence electrons. The highest BCUT2D eigenvalue weighted by molar-refractivity contribution is 7.92. The zero-order valence-corrected chi connectivity index (χ0v) is 11.8. The predicted octanol–water partition coefficient (Wildman–Crippen LogP) is 1.27. The zero-order valence-electron chi connectivity index (χ0n) is 11.0. The number of ether oxygens (including phenoxy) is 1. The van der Waals surface area contributed by atoms with Crippen molar-refractivity contribution in [2.45, 2.75) is 20.3 Å². The van der Waals surface area contributed by atoms with Crippen molar-refractivity contribution in [1.82, 2.24) is 0 Å². The highest BCUT2D eigenvalue weighted by Crippen LogP contribution is 2.18. The van der Waals surface area contributed by atoms with Gasteiger partial charge in [-0.1, -0.05) is 6.07 Å². The molecule has 0 aliphatic carbocycles. The number of nitrogen functional groups attached to an aromatic ring is 1. The molecule has 0 aliphatic rings. The van der Waals surface area contributed by atoms with E-state index in [9.17, 15) is 13.2 Å². The van der Waals surface area contributed by atoms with Crippen LogP contribution in [0.3, 0.4) is 0 Å². The van der Waals surface area contributed by atoms with Gasteiger partial charge in [0.05, 0.1) is 24.5 Å². The topological polar surface area (TPSA) is 98.5 Å². The lowest BCUT2D eigenvalue weighted by Gasteiger charge is -2.09. The Bertz CT molecular complexity index is 555. The van der Waals surface area contributed by atoms with Crippen LogP contribution in [-0.4, -0.2) is 26.7 Å². The molecule has 19 heavy (non-hydrogen) atoms. The van der Waals surface area contributed by atoms with Gasteiger partial charge >= 0.3 is 5.97 Å². The largest absolute Gasteiger partial charge is 0.466 e. The molecule has 0 saturated carbocycles. The maximum absolute atomic E-state index is 11.7. The molecule has 0 unspecified atom stereocenters. The van der Waals surface area contributed by atoms with Gasteiger partial charge in [-0.3, -0.25) is 9.52 Å². The molecule has 0 radical (unpaired) electrons. The molecule has 7 heteroatoms. The predicted molar refractivity (Wildman–Crippen MR) is 74.3 cm³/mol. The summed E-state index contributed by atoms with van der Waals surface area (Å²) >= 11 is 0. The molecule has 1 rings (SSSR count). The number of sulfonamides is 1. The zero-order chi connectivity index (χ0) is 14.5. The Labute approximate surface area is 113 Å². The van der Waals surface area contributed by atoms with E-state index in [4.69, 9.17) is 5.73 Å². The normalized spacial score (nSPS) is 11.1. The first-order chi connectivity index (χ1) is 8.84. The van der Waals surface area contributed by atoms with Crippen molar-refractivity contribution in [3.63, 3.8) is 0 Å². The van der Waals surface area contributed by atoms with E-state index in [1.165, 1.54) is 6.07 Å². The summed E-state index contributed by atoms with van der Waals surface area (Å²) in [6.07, 6.45) is -0.176. The molecule has 0 amide bonds. The van der Waals surface area contributed by atoms with E-state index in [1.54, 1.807) is 19.1 Å². The number of carbonyl (C=O) groups is 1. The van der Waals surface area contributed by atoms with E-state index in [0.717, 1.165) is 5.56 Å². The van der Waals surface area contributed by atoms with Gasteiger partial charge in [0.25, 0.3) is 0 Å². The third kappa shape index (κ3) is 5.17. The first kappa shape index (κ1) is 15.3. The number of hydrogen-bond donors (Lipinski definition) is 2. The van der Waals surface area contributed by atoms with Gasteiger partial charge in [0.2, 0.25) is 10.0 Å². The number of aryl methyl sites for hydroxylation is 1.